The van der Waals surface area contributed by atoms with Crippen molar-refractivity contribution in [1.82, 2.24) is 10.6 Å². The van der Waals surface area contributed by atoms with Gasteiger partial charge in [-0.15, -0.1) is 0 Å². The highest BCUT2D eigenvalue weighted by Gasteiger charge is 1.84. The van der Waals surface area contributed by atoms with Crippen LogP contribution in [0.15, 0.2) is 9.98 Å². The van der Waals surface area contributed by atoms with Crippen molar-refractivity contribution in [2.24, 2.45) is 15.7 Å². The summed E-state index contributed by atoms with van der Waals surface area (Å²) in [6, 6.07) is 0. The maximum Gasteiger partial charge on any atom is 0.239 e. The quantitative estimate of drug-likeness (QED) is 0.152. The molecule has 0 aromatic rings. The summed E-state index contributed by atoms with van der Waals surface area (Å²) in [7, 11) is 0. The van der Waals surface area contributed by atoms with E-state index < -0.39 is 5.91 Å². The number of hydrogen-bond acceptors (Lipinski definition) is 5. The highest BCUT2D eigenvalue weighted by molar-refractivity contribution is 5.80. The summed E-state index contributed by atoms with van der Waals surface area (Å²) in [4.78, 5) is 17.8. The molecule has 0 aromatic heterocycles. The Morgan fingerprint density at radius 3 is 2.79 bits per heavy atom. The number of nitrogens with one attached hydrogen (secondary N) is 2. The maximum atomic E-state index is 10.2. The number of aliphatic imine (C=N–C) groups is 2. The molecule has 14 heavy (non-hydrogen) atoms. The van der Waals surface area contributed by atoms with E-state index in [1.54, 1.807) is 0 Å². The third-order valence-corrected chi connectivity index (χ3v) is 1.11. The van der Waals surface area contributed by atoms with Gasteiger partial charge in [0.05, 0.1) is 26.0 Å². The second kappa shape index (κ2) is 9.62. The molecule has 0 atom stereocenters. The lowest BCUT2D eigenvalue weighted by atomic mass is 10.6. The van der Waals surface area contributed by atoms with Gasteiger partial charge in [-0.05, 0) is 0 Å². The molecular weight excluding hydrogens is 186 g/mol. The number of aliphatic hydroxyl groups is 1. The minimum absolute atomic E-state index is 0.0348. The highest BCUT2D eigenvalue weighted by atomic mass is 16.3. The molecule has 0 fully saturated rings. The van der Waals surface area contributed by atoms with E-state index in [1.807, 2.05) is 0 Å². The third-order valence-electron chi connectivity index (χ3n) is 1.11. The molecule has 7 heteroatoms. The lowest BCUT2D eigenvalue weighted by molar-refractivity contribution is -0.116. The molecule has 0 radical (unpaired) electrons. The van der Waals surface area contributed by atoms with Crippen LogP contribution in [0.1, 0.15) is 0 Å². The molecule has 0 bridgehead atoms. The van der Waals surface area contributed by atoms with Crippen molar-refractivity contribution in [3.63, 3.8) is 0 Å². The number of hydrogen-bond donors (Lipinski definition) is 4. The van der Waals surface area contributed by atoms with Crippen LogP contribution in [0.5, 0.6) is 0 Å². The molecule has 7 nitrogen and oxygen atoms in total. The lowest BCUT2D eigenvalue weighted by Crippen LogP contribution is -2.19. The van der Waals surface area contributed by atoms with Gasteiger partial charge >= 0.3 is 0 Å². The number of aliphatic hydroxyl groups excluding tert-OH is 1. The Kier molecular flexibility index (Phi) is 8.61. The van der Waals surface area contributed by atoms with E-state index in [0.717, 1.165) is 0 Å². The molecule has 80 valence electrons. The average molecular weight is 201 g/mol. The van der Waals surface area contributed by atoms with E-state index in [-0.39, 0.29) is 13.3 Å². The van der Waals surface area contributed by atoms with Gasteiger partial charge in [0.25, 0.3) is 0 Å². The van der Waals surface area contributed by atoms with Crippen LogP contribution in [-0.2, 0) is 4.79 Å². The van der Waals surface area contributed by atoms with Crippen molar-refractivity contribution < 1.29 is 9.90 Å². The normalized spacial score (nSPS) is 11.2. The Morgan fingerprint density at radius 1 is 1.43 bits per heavy atom. The topological polar surface area (TPSA) is 112 Å². The molecule has 0 heterocycles. The number of primary amides is 1. The molecule has 0 spiro atoms. The van der Waals surface area contributed by atoms with Crippen molar-refractivity contribution in [2.75, 3.05) is 26.4 Å². The summed E-state index contributed by atoms with van der Waals surface area (Å²) in [6.45, 7) is 1.07. The molecule has 0 aliphatic carbocycles. The Balaban J connectivity index is 3.25. The molecule has 0 saturated heterocycles. The Morgan fingerprint density at radius 2 is 2.14 bits per heavy atom. The maximum absolute atomic E-state index is 10.2. The Bertz CT molecular complexity index is 204. The fourth-order valence-corrected chi connectivity index (χ4v) is 0.562. The summed E-state index contributed by atoms with van der Waals surface area (Å²) in [5.41, 5.74) is 4.84. The van der Waals surface area contributed by atoms with Crippen molar-refractivity contribution in [2.45, 2.75) is 0 Å². The third kappa shape index (κ3) is 10.5. The molecular formula is C7H15N5O2. The molecule has 0 aromatic carbocycles. The summed E-state index contributed by atoms with van der Waals surface area (Å²) >= 11 is 0. The van der Waals surface area contributed by atoms with Crippen LogP contribution in [0.25, 0.3) is 0 Å². The molecule has 0 unspecified atom stereocenters. The average Bonchev–Trinajstić information content (AvgIpc) is 2.15. The minimum Gasteiger partial charge on any atom is -0.381 e. The van der Waals surface area contributed by atoms with Crippen LogP contribution in [0.3, 0.4) is 0 Å². The van der Waals surface area contributed by atoms with Crippen LogP contribution < -0.4 is 16.4 Å². The van der Waals surface area contributed by atoms with E-state index in [2.05, 4.69) is 20.6 Å². The van der Waals surface area contributed by atoms with E-state index in [4.69, 9.17) is 10.8 Å². The molecule has 0 aliphatic heterocycles. The lowest BCUT2D eigenvalue weighted by Gasteiger charge is -1.94. The Labute approximate surface area is 82.1 Å². The second-order valence-electron chi connectivity index (χ2n) is 2.30. The van der Waals surface area contributed by atoms with Gasteiger partial charge in [-0.3, -0.25) is 20.1 Å². The predicted molar refractivity (Wildman–Crippen MR) is 54.1 cm³/mol. The van der Waals surface area contributed by atoms with Crippen molar-refractivity contribution in [1.29, 1.82) is 0 Å². The fraction of sp³-hybridized carbons (Fsp3) is 0.571. The van der Waals surface area contributed by atoms with Gasteiger partial charge in [-0.1, -0.05) is 0 Å². The first-order valence-corrected chi connectivity index (χ1v) is 4.10. The molecule has 0 rings (SSSR count). The molecule has 0 saturated carbocycles. The largest absolute Gasteiger partial charge is 0.381 e. The van der Waals surface area contributed by atoms with Crippen molar-refractivity contribution >= 4 is 18.6 Å². The number of nitrogens with zero attached hydrogens (tertiary/aromatic N) is 2. The standard InChI is InChI=1S/C7H15N5O2/c8-7(14)3-11-5-12-4-9-1-2-10-6-13/h4-5,10,13H,1-3,6H2,(H2,8,14)(H,9,11,12). The zero-order valence-corrected chi connectivity index (χ0v) is 7.81. The number of amides is 1. The van der Waals surface area contributed by atoms with E-state index in [0.29, 0.717) is 13.1 Å². The fourth-order valence-electron chi connectivity index (χ4n) is 0.562. The van der Waals surface area contributed by atoms with Crippen molar-refractivity contribution in [3.8, 4) is 0 Å². The van der Waals surface area contributed by atoms with Crippen LogP contribution >= 0.6 is 0 Å². The number of carbonyl (C=O) groups excluding carboxylic acids is 1. The zero-order valence-electron chi connectivity index (χ0n) is 7.81. The van der Waals surface area contributed by atoms with Gasteiger partial charge in [-0.2, -0.15) is 0 Å². The predicted octanol–water partition coefficient (Wildman–Crippen LogP) is -2.34. The van der Waals surface area contributed by atoms with Gasteiger partial charge in [0.2, 0.25) is 5.91 Å². The van der Waals surface area contributed by atoms with Gasteiger partial charge in [-0.25, -0.2) is 0 Å². The molecule has 5 N–H and O–H groups in total. The second-order valence-corrected chi connectivity index (χ2v) is 2.30. The monoisotopic (exact) mass is 201 g/mol. The molecule has 0 aliphatic rings. The van der Waals surface area contributed by atoms with Crippen LogP contribution in [0.2, 0.25) is 0 Å². The van der Waals surface area contributed by atoms with E-state index >= 15 is 0 Å². The first-order chi connectivity index (χ1) is 6.77. The summed E-state index contributed by atoms with van der Waals surface area (Å²) in [6.07, 6.45) is 2.79. The summed E-state index contributed by atoms with van der Waals surface area (Å²) in [5, 5.41) is 13.7. The van der Waals surface area contributed by atoms with Crippen LogP contribution in [-0.4, -0.2) is 50.1 Å². The minimum atomic E-state index is -0.480. The highest BCUT2D eigenvalue weighted by Crippen LogP contribution is 1.64. The van der Waals surface area contributed by atoms with Gasteiger partial charge in [0, 0.05) is 6.54 Å². The van der Waals surface area contributed by atoms with E-state index in [9.17, 15) is 4.79 Å². The first kappa shape index (κ1) is 12.5. The number of nitrogens with two attached hydrogens (primary N) is 1. The summed E-state index contributed by atoms with van der Waals surface area (Å²) in [5.74, 6) is -0.480. The van der Waals surface area contributed by atoms with Crippen molar-refractivity contribution in [3.05, 3.63) is 0 Å². The number of carbonyl (C=O) groups is 1. The SMILES string of the molecule is NC(=O)CN=CNC=NCCNCO. The summed E-state index contributed by atoms with van der Waals surface area (Å²) < 4.78 is 0. The van der Waals surface area contributed by atoms with Crippen LogP contribution in [0.4, 0.5) is 0 Å². The molecule has 1 amide bonds. The first-order valence-electron chi connectivity index (χ1n) is 4.10. The van der Waals surface area contributed by atoms with E-state index in [1.165, 1.54) is 12.7 Å². The Hall–Kier alpha value is -1.47. The van der Waals surface area contributed by atoms with Gasteiger partial charge in [0.1, 0.15) is 6.54 Å². The smallest absolute Gasteiger partial charge is 0.239 e. The van der Waals surface area contributed by atoms with Crippen LogP contribution in [0, 0.1) is 0 Å². The number of rotatable bonds is 8. The zero-order chi connectivity index (χ0) is 10.6. The van der Waals surface area contributed by atoms with Gasteiger partial charge < -0.3 is 16.2 Å². The van der Waals surface area contributed by atoms with Gasteiger partial charge in [0.15, 0.2) is 0 Å².